The van der Waals surface area contributed by atoms with E-state index < -0.39 is 0 Å². The molecule has 0 N–H and O–H groups in total. The first-order chi connectivity index (χ1) is 16.3. The quantitative estimate of drug-likeness (QED) is 0.144. The number of rotatable bonds is 24. The van der Waals surface area contributed by atoms with Crippen LogP contribution in [0.15, 0.2) is 30.3 Å². The first kappa shape index (κ1) is 30.1. The Kier molecular flexibility index (Phi) is 20.9. The van der Waals surface area contributed by atoms with E-state index in [9.17, 15) is 0 Å². The Labute approximate surface area is 206 Å². The molecule has 0 fully saturated rings. The molecule has 0 aromatic heterocycles. The topological polar surface area (TPSA) is 27.7 Å². The lowest BCUT2D eigenvalue weighted by atomic mass is 10.0. The third-order valence-corrected chi connectivity index (χ3v) is 6.54. The van der Waals surface area contributed by atoms with Crippen LogP contribution in [0.2, 0.25) is 0 Å². The minimum Gasteiger partial charge on any atom is -0.382 e. The summed E-state index contributed by atoms with van der Waals surface area (Å²) in [6, 6.07) is 10.3. The van der Waals surface area contributed by atoms with Gasteiger partial charge >= 0.3 is 0 Å². The standard InChI is InChI=1S/C30H54O3/c1-4-5-6-7-8-9-10-11-12-13-14-15-16-17-18-22-25-32-28(2)30(27-31-3)33-26-29-23-20-19-21-24-29/h19-21,23-24,28,30H,4-18,22,25-27H2,1-3H3/t28-,30-/m0/s1. The van der Waals surface area contributed by atoms with Crippen LogP contribution in [-0.4, -0.2) is 32.5 Å². The zero-order valence-electron chi connectivity index (χ0n) is 22.2. The Morgan fingerprint density at radius 1 is 0.636 bits per heavy atom. The second kappa shape index (κ2) is 22.9. The molecule has 3 nitrogen and oxygen atoms in total. The summed E-state index contributed by atoms with van der Waals surface area (Å²) < 4.78 is 17.5. The van der Waals surface area contributed by atoms with Crippen LogP contribution in [0, 0.1) is 0 Å². The van der Waals surface area contributed by atoms with Gasteiger partial charge in [0.05, 0.1) is 19.3 Å². The molecule has 0 aliphatic carbocycles. The van der Waals surface area contributed by atoms with Crippen LogP contribution in [-0.2, 0) is 20.8 Å². The molecule has 1 aromatic rings. The maximum atomic E-state index is 6.06. The minimum atomic E-state index is -0.0312. The predicted octanol–water partition coefficient (Wildman–Crippen LogP) is 8.88. The first-order valence-corrected chi connectivity index (χ1v) is 14.0. The molecule has 192 valence electrons. The lowest BCUT2D eigenvalue weighted by molar-refractivity contribution is -0.0978. The maximum absolute atomic E-state index is 6.06. The zero-order chi connectivity index (χ0) is 23.8. The van der Waals surface area contributed by atoms with Crippen LogP contribution in [0.1, 0.15) is 122 Å². The van der Waals surface area contributed by atoms with Crippen LogP contribution in [0.4, 0.5) is 0 Å². The van der Waals surface area contributed by atoms with Crippen molar-refractivity contribution >= 4 is 0 Å². The summed E-state index contributed by atoms with van der Waals surface area (Å²) in [5.41, 5.74) is 1.18. The number of benzene rings is 1. The monoisotopic (exact) mass is 462 g/mol. The number of hydrogen-bond donors (Lipinski definition) is 0. The number of methoxy groups -OCH3 is 1. The highest BCUT2D eigenvalue weighted by Gasteiger charge is 2.18. The van der Waals surface area contributed by atoms with E-state index in [1.807, 2.05) is 18.2 Å². The van der Waals surface area contributed by atoms with Gasteiger partial charge in [0.1, 0.15) is 6.10 Å². The molecule has 3 heteroatoms. The summed E-state index contributed by atoms with van der Waals surface area (Å²) in [5, 5.41) is 0. The normalized spacial score (nSPS) is 13.3. The average molecular weight is 463 g/mol. The molecule has 1 rings (SSSR count). The van der Waals surface area contributed by atoms with Crippen LogP contribution in [0.3, 0.4) is 0 Å². The van der Waals surface area contributed by atoms with E-state index in [1.54, 1.807) is 7.11 Å². The van der Waals surface area contributed by atoms with Gasteiger partial charge in [-0.15, -0.1) is 0 Å². The largest absolute Gasteiger partial charge is 0.382 e. The van der Waals surface area contributed by atoms with Gasteiger partial charge < -0.3 is 14.2 Å². The Morgan fingerprint density at radius 3 is 1.61 bits per heavy atom. The van der Waals surface area contributed by atoms with Crippen LogP contribution in [0.25, 0.3) is 0 Å². The minimum absolute atomic E-state index is 0.0312. The molecule has 0 aliphatic rings. The molecule has 0 saturated heterocycles. The summed E-state index contributed by atoms with van der Waals surface area (Å²) in [6.45, 7) is 6.36. The van der Waals surface area contributed by atoms with E-state index in [0.29, 0.717) is 13.2 Å². The smallest absolute Gasteiger partial charge is 0.107 e. The predicted molar refractivity (Wildman–Crippen MR) is 142 cm³/mol. The molecule has 0 saturated carbocycles. The summed E-state index contributed by atoms with van der Waals surface area (Å²) in [4.78, 5) is 0. The molecule has 0 radical (unpaired) electrons. The third-order valence-electron chi connectivity index (χ3n) is 6.54. The number of unbranched alkanes of at least 4 members (excludes halogenated alkanes) is 15. The van der Waals surface area contributed by atoms with Gasteiger partial charge in [0.25, 0.3) is 0 Å². The van der Waals surface area contributed by atoms with E-state index in [4.69, 9.17) is 14.2 Å². The van der Waals surface area contributed by atoms with Crippen molar-refractivity contribution in [2.45, 2.75) is 135 Å². The Morgan fingerprint density at radius 2 is 1.12 bits per heavy atom. The van der Waals surface area contributed by atoms with Gasteiger partial charge in [-0.1, -0.05) is 134 Å². The highest BCUT2D eigenvalue weighted by molar-refractivity contribution is 5.13. The Bertz CT molecular complexity index is 505. The molecular formula is C30H54O3. The molecule has 1 aromatic carbocycles. The van der Waals surface area contributed by atoms with Crippen molar-refractivity contribution < 1.29 is 14.2 Å². The van der Waals surface area contributed by atoms with Gasteiger partial charge in [-0.25, -0.2) is 0 Å². The summed E-state index contributed by atoms with van der Waals surface area (Å²) in [5.74, 6) is 0. The van der Waals surface area contributed by atoms with E-state index in [2.05, 4.69) is 26.0 Å². The molecule has 0 spiro atoms. The lowest BCUT2D eigenvalue weighted by Gasteiger charge is -2.24. The second-order valence-corrected chi connectivity index (χ2v) is 9.67. The summed E-state index contributed by atoms with van der Waals surface area (Å²) >= 11 is 0. The molecule has 0 bridgehead atoms. The van der Waals surface area contributed by atoms with Crippen molar-refractivity contribution in [2.75, 3.05) is 20.3 Å². The van der Waals surface area contributed by atoms with Crippen molar-refractivity contribution in [2.24, 2.45) is 0 Å². The molecule has 0 unspecified atom stereocenters. The SMILES string of the molecule is CCCCCCCCCCCCCCCCCCO[C@@H](C)[C@H](COC)OCc1ccccc1. The van der Waals surface area contributed by atoms with Crippen LogP contribution < -0.4 is 0 Å². The Hall–Kier alpha value is -0.900. The highest BCUT2D eigenvalue weighted by atomic mass is 16.6. The lowest BCUT2D eigenvalue weighted by Crippen LogP contribution is -2.33. The third kappa shape index (κ3) is 18.1. The van der Waals surface area contributed by atoms with Gasteiger partial charge in [0.2, 0.25) is 0 Å². The van der Waals surface area contributed by atoms with Crippen LogP contribution in [0.5, 0.6) is 0 Å². The molecule has 2 atom stereocenters. The molecule has 0 aliphatic heterocycles. The van der Waals surface area contributed by atoms with Crippen molar-refractivity contribution in [1.29, 1.82) is 0 Å². The van der Waals surface area contributed by atoms with E-state index in [0.717, 1.165) is 13.0 Å². The van der Waals surface area contributed by atoms with E-state index in [-0.39, 0.29) is 12.2 Å². The van der Waals surface area contributed by atoms with Crippen molar-refractivity contribution in [1.82, 2.24) is 0 Å². The van der Waals surface area contributed by atoms with E-state index in [1.165, 1.54) is 102 Å². The summed E-state index contributed by atoms with van der Waals surface area (Å²) in [6.07, 6.45) is 22.3. The Balaban J connectivity index is 1.90. The molecule has 0 amide bonds. The summed E-state index contributed by atoms with van der Waals surface area (Å²) in [7, 11) is 1.72. The molecular weight excluding hydrogens is 408 g/mol. The maximum Gasteiger partial charge on any atom is 0.107 e. The second-order valence-electron chi connectivity index (χ2n) is 9.67. The number of ether oxygens (including phenoxy) is 3. The van der Waals surface area contributed by atoms with Crippen molar-refractivity contribution in [3.8, 4) is 0 Å². The average Bonchev–Trinajstić information content (AvgIpc) is 2.84. The fourth-order valence-electron chi connectivity index (χ4n) is 4.29. The van der Waals surface area contributed by atoms with Crippen LogP contribution >= 0.6 is 0 Å². The fraction of sp³-hybridized carbons (Fsp3) is 0.800. The molecule has 0 heterocycles. The van der Waals surface area contributed by atoms with Gasteiger partial charge in [-0.2, -0.15) is 0 Å². The highest BCUT2D eigenvalue weighted by Crippen LogP contribution is 2.14. The first-order valence-electron chi connectivity index (χ1n) is 14.0. The van der Waals surface area contributed by atoms with Gasteiger partial charge in [-0.3, -0.25) is 0 Å². The van der Waals surface area contributed by atoms with Gasteiger partial charge in [-0.05, 0) is 18.9 Å². The molecule has 33 heavy (non-hydrogen) atoms. The van der Waals surface area contributed by atoms with Gasteiger partial charge in [0.15, 0.2) is 0 Å². The fourth-order valence-corrected chi connectivity index (χ4v) is 4.29. The van der Waals surface area contributed by atoms with Crippen molar-refractivity contribution in [3.05, 3.63) is 35.9 Å². The van der Waals surface area contributed by atoms with Crippen molar-refractivity contribution in [3.63, 3.8) is 0 Å². The van der Waals surface area contributed by atoms with E-state index >= 15 is 0 Å². The van der Waals surface area contributed by atoms with Gasteiger partial charge in [0, 0.05) is 13.7 Å². The number of hydrogen-bond acceptors (Lipinski definition) is 3. The zero-order valence-corrected chi connectivity index (χ0v) is 22.2.